The van der Waals surface area contributed by atoms with E-state index >= 15 is 0 Å². The van der Waals surface area contributed by atoms with Crippen LogP contribution in [0.2, 0.25) is 0 Å². The monoisotopic (exact) mass is 554 g/mol. The van der Waals surface area contributed by atoms with Gasteiger partial charge in [-0.1, -0.05) is 24.6 Å². The molecule has 1 aliphatic heterocycles. The van der Waals surface area contributed by atoms with Crippen molar-refractivity contribution < 1.29 is 9.47 Å². The fourth-order valence-electron chi connectivity index (χ4n) is 4.33. The number of aromatic nitrogens is 3. The molecular weight excluding hydrogens is 519 g/mol. The molecule has 1 atom stereocenters. The van der Waals surface area contributed by atoms with Gasteiger partial charge in [-0.25, -0.2) is 4.99 Å². The van der Waals surface area contributed by atoms with Gasteiger partial charge in [-0.2, -0.15) is 0 Å². The number of benzene rings is 1. The summed E-state index contributed by atoms with van der Waals surface area (Å²) < 4.78 is 13.2. The van der Waals surface area contributed by atoms with Crippen LogP contribution in [-0.2, 0) is 18.3 Å². The number of fused-ring (bicyclic) bond motifs is 1. The summed E-state index contributed by atoms with van der Waals surface area (Å²) in [5.74, 6) is 3.50. The highest BCUT2D eigenvalue weighted by atomic mass is 127. The van der Waals surface area contributed by atoms with Crippen LogP contribution in [0.15, 0.2) is 29.3 Å². The van der Waals surface area contributed by atoms with Gasteiger partial charge in [-0.15, -0.1) is 34.2 Å². The highest BCUT2D eigenvalue weighted by Gasteiger charge is 2.36. The summed E-state index contributed by atoms with van der Waals surface area (Å²) >= 11 is 0. The van der Waals surface area contributed by atoms with Gasteiger partial charge >= 0.3 is 0 Å². The zero-order chi connectivity index (χ0) is 21.7. The Morgan fingerprint density at radius 2 is 2.12 bits per heavy atom. The molecule has 0 saturated heterocycles. The molecule has 0 bridgehead atoms. The Morgan fingerprint density at radius 1 is 1.31 bits per heavy atom. The summed E-state index contributed by atoms with van der Waals surface area (Å²) in [6.07, 6.45) is 5.73. The summed E-state index contributed by atoms with van der Waals surface area (Å²) in [5.41, 5.74) is 1.48. The standard InChI is InChI=1S/C23H34N6O2.HI/c1-17-27-28-21(29(17)2)15-24-22(25-16-23(10-6-11-23)12-14-30-3)26-19-9-13-31-20-8-5-4-7-18(19)20;/h4-5,7-8,19H,6,9-16H2,1-3H3,(H2,24,25,26);1H. The maximum atomic E-state index is 5.83. The molecule has 176 valence electrons. The number of aliphatic imine (C=N–C) groups is 1. The average Bonchev–Trinajstić information content (AvgIpc) is 3.08. The van der Waals surface area contributed by atoms with E-state index in [2.05, 4.69) is 33.0 Å². The Hall–Kier alpha value is -1.88. The Balaban J connectivity index is 0.00000289. The lowest BCUT2D eigenvalue weighted by atomic mass is 9.67. The second-order valence-electron chi connectivity index (χ2n) is 8.71. The lowest BCUT2D eigenvalue weighted by Crippen LogP contribution is -2.48. The van der Waals surface area contributed by atoms with E-state index in [0.717, 1.165) is 49.4 Å². The van der Waals surface area contributed by atoms with Gasteiger partial charge in [-0.3, -0.25) is 0 Å². The van der Waals surface area contributed by atoms with Crippen LogP contribution >= 0.6 is 24.0 Å². The minimum atomic E-state index is 0. The van der Waals surface area contributed by atoms with E-state index in [1.54, 1.807) is 7.11 Å². The molecule has 2 N–H and O–H groups in total. The van der Waals surface area contributed by atoms with Gasteiger partial charge in [0, 0.05) is 39.3 Å². The molecule has 9 heteroatoms. The summed E-state index contributed by atoms with van der Waals surface area (Å²) in [4.78, 5) is 4.88. The van der Waals surface area contributed by atoms with Crippen molar-refractivity contribution in [2.24, 2.45) is 17.5 Å². The van der Waals surface area contributed by atoms with Crippen LogP contribution in [0.1, 0.15) is 55.4 Å². The number of methoxy groups -OCH3 is 1. The summed E-state index contributed by atoms with van der Waals surface area (Å²) in [6.45, 7) is 4.82. The topological polar surface area (TPSA) is 85.6 Å². The summed E-state index contributed by atoms with van der Waals surface area (Å²) in [5, 5.41) is 15.7. The molecular formula is C23H35IN6O2. The zero-order valence-electron chi connectivity index (χ0n) is 19.3. The smallest absolute Gasteiger partial charge is 0.192 e. The molecule has 0 amide bonds. The van der Waals surface area contributed by atoms with E-state index in [1.165, 1.54) is 24.8 Å². The van der Waals surface area contributed by atoms with E-state index in [0.29, 0.717) is 18.6 Å². The first-order valence-corrected chi connectivity index (χ1v) is 11.2. The van der Waals surface area contributed by atoms with Gasteiger partial charge in [0.05, 0.1) is 12.6 Å². The van der Waals surface area contributed by atoms with Crippen LogP contribution in [-0.4, -0.2) is 47.6 Å². The second-order valence-corrected chi connectivity index (χ2v) is 8.71. The average molecular weight is 554 g/mol. The van der Waals surface area contributed by atoms with Gasteiger partial charge in [0.1, 0.15) is 18.1 Å². The molecule has 32 heavy (non-hydrogen) atoms. The SMILES string of the molecule is COCCC1(CNC(=NCc2nnc(C)n2C)NC2CCOc3ccccc32)CCC1.I. The highest BCUT2D eigenvalue weighted by Crippen LogP contribution is 2.43. The second kappa shape index (κ2) is 11.3. The Labute approximate surface area is 207 Å². The zero-order valence-corrected chi connectivity index (χ0v) is 21.6. The lowest BCUT2D eigenvalue weighted by molar-refractivity contribution is 0.0731. The molecule has 1 aromatic heterocycles. The molecule has 2 heterocycles. The quantitative estimate of drug-likeness (QED) is 0.295. The number of ether oxygens (including phenoxy) is 2. The van der Waals surface area contributed by atoms with Gasteiger partial charge in [0.15, 0.2) is 11.8 Å². The molecule has 4 rings (SSSR count). The summed E-state index contributed by atoms with van der Waals surface area (Å²) in [7, 11) is 3.75. The first-order valence-electron chi connectivity index (χ1n) is 11.2. The third-order valence-corrected chi connectivity index (χ3v) is 6.71. The highest BCUT2D eigenvalue weighted by molar-refractivity contribution is 14.0. The number of nitrogens with zero attached hydrogens (tertiary/aromatic N) is 4. The Kier molecular flexibility index (Phi) is 8.75. The fourth-order valence-corrected chi connectivity index (χ4v) is 4.33. The first-order chi connectivity index (χ1) is 15.1. The van der Waals surface area contributed by atoms with Crippen molar-refractivity contribution >= 4 is 29.9 Å². The largest absolute Gasteiger partial charge is 0.493 e. The molecule has 1 unspecified atom stereocenters. The Bertz CT molecular complexity index is 912. The van der Waals surface area contributed by atoms with E-state index in [9.17, 15) is 0 Å². The van der Waals surface area contributed by atoms with Crippen molar-refractivity contribution in [1.29, 1.82) is 0 Å². The van der Waals surface area contributed by atoms with E-state index in [-0.39, 0.29) is 30.0 Å². The van der Waals surface area contributed by atoms with Crippen molar-refractivity contribution in [3.05, 3.63) is 41.5 Å². The van der Waals surface area contributed by atoms with Crippen molar-refractivity contribution in [2.75, 3.05) is 26.9 Å². The maximum Gasteiger partial charge on any atom is 0.192 e. The third-order valence-electron chi connectivity index (χ3n) is 6.71. The predicted octanol–water partition coefficient (Wildman–Crippen LogP) is 3.51. The number of guanidine groups is 1. The van der Waals surface area contributed by atoms with E-state index < -0.39 is 0 Å². The van der Waals surface area contributed by atoms with Gasteiger partial charge in [-0.05, 0) is 37.7 Å². The molecule has 1 aromatic carbocycles. The third kappa shape index (κ3) is 5.72. The molecule has 2 aliphatic rings. The van der Waals surface area contributed by atoms with Crippen LogP contribution in [0.5, 0.6) is 5.75 Å². The summed E-state index contributed by atoms with van der Waals surface area (Å²) in [6, 6.07) is 8.39. The number of aryl methyl sites for hydroxylation is 1. The van der Waals surface area contributed by atoms with Crippen LogP contribution < -0.4 is 15.4 Å². The number of halogens is 1. The number of hydrogen-bond acceptors (Lipinski definition) is 5. The number of hydrogen-bond donors (Lipinski definition) is 2. The van der Waals surface area contributed by atoms with Crippen LogP contribution in [0.4, 0.5) is 0 Å². The normalized spacial score (nSPS) is 19.2. The van der Waals surface area contributed by atoms with Crippen molar-refractivity contribution in [2.45, 2.75) is 51.6 Å². The number of nitrogens with one attached hydrogen (secondary N) is 2. The van der Waals surface area contributed by atoms with E-state index in [4.69, 9.17) is 14.5 Å². The lowest BCUT2D eigenvalue weighted by Gasteiger charge is -2.42. The minimum absolute atomic E-state index is 0. The predicted molar refractivity (Wildman–Crippen MR) is 136 cm³/mol. The van der Waals surface area contributed by atoms with E-state index in [1.807, 2.05) is 30.7 Å². The molecule has 1 fully saturated rings. The van der Waals surface area contributed by atoms with Gasteiger partial charge in [0.2, 0.25) is 0 Å². The number of rotatable bonds is 8. The molecule has 0 spiro atoms. The molecule has 0 radical (unpaired) electrons. The van der Waals surface area contributed by atoms with Gasteiger partial charge < -0.3 is 24.7 Å². The molecule has 1 aliphatic carbocycles. The molecule has 1 saturated carbocycles. The van der Waals surface area contributed by atoms with Crippen molar-refractivity contribution in [1.82, 2.24) is 25.4 Å². The Morgan fingerprint density at radius 3 is 2.81 bits per heavy atom. The van der Waals surface area contributed by atoms with Crippen molar-refractivity contribution in [3.8, 4) is 5.75 Å². The molecule has 2 aromatic rings. The maximum absolute atomic E-state index is 5.83. The fraction of sp³-hybridized carbons (Fsp3) is 0.609. The number of para-hydroxylation sites is 1. The molecule has 8 nitrogen and oxygen atoms in total. The van der Waals surface area contributed by atoms with Crippen molar-refractivity contribution in [3.63, 3.8) is 0 Å². The van der Waals surface area contributed by atoms with Crippen LogP contribution in [0, 0.1) is 12.3 Å². The van der Waals surface area contributed by atoms with Gasteiger partial charge in [0.25, 0.3) is 0 Å². The minimum Gasteiger partial charge on any atom is -0.493 e. The van der Waals surface area contributed by atoms with Crippen LogP contribution in [0.3, 0.4) is 0 Å². The first kappa shape index (κ1) is 24.8. The van der Waals surface area contributed by atoms with Crippen LogP contribution in [0.25, 0.3) is 0 Å².